The van der Waals surface area contributed by atoms with E-state index in [4.69, 9.17) is 0 Å². The minimum Gasteiger partial charge on any atom is -0.372 e. The number of hydrogen-bond donors (Lipinski definition) is 1. The van der Waals surface area contributed by atoms with Crippen LogP contribution in [-0.2, 0) is 6.54 Å². The summed E-state index contributed by atoms with van der Waals surface area (Å²) in [5.74, 6) is 0.445. The predicted molar refractivity (Wildman–Crippen MR) is 81.1 cm³/mol. The van der Waals surface area contributed by atoms with Gasteiger partial charge in [-0.2, -0.15) is 0 Å². The first-order valence-corrected chi connectivity index (χ1v) is 7.17. The lowest BCUT2D eigenvalue weighted by molar-refractivity contribution is 0.548. The van der Waals surface area contributed by atoms with E-state index in [2.05, 4.69) is 33.0 Å². The van der Waals surface area contributed by atoms with Gasteiger partial charge in [0, 0.05) is 26.2 Å². The molecule has 0 aliphatic rings. The summed E-state index contributed by atoms with van der Waals surface area (Å²) in [6, 6.07) is 5.93. The van der Waals surface area contributed by atoms with Gasteiger partial charge in [-0.15, -0.1) is 0 Å². The molecule has 0 saturated heterocycles. The molecule has 1 atom stereocenters. The summed E-state index contributed by atoms with van der Waals surface area (Å²) in [5.41, 5.74) is 1.68. The summed E-state index contributed by atoms with van der Waals surface area (Å²) in [6.45, 7) is 10.1. The second kappa shape index (κ2) is 7.49. The van der Waals surface area contributed by atoms with Gasteiger partial charge in [-0.05, 0) is 23.6 Å². The Bertz CT molecular complexity index is 390. The van der Waals surface area contributed by atoms with E-state index in [-0.39, 0.29) is 5.82 Å². The third-order valence-electron chi connectivity index (χ3n) is 3.42. The lowest BCUT2D eigenvalue weighted by atomic mass is 10.1. The van der Waals surface area contributed by atoms with E-state index in [1.807, 2.05) is 24.1 Å². The molecule has 0 aliphatic carbocycles. The highest BCUT2D eigenvalue weighted by Crippen LogP contribution is 2.21. The van der Waals surface area contributed by atoms with Crippen LogP contribution in [0.3, 0.4) is 0 Å². The first kappa shape index (κ1) is 16.0. The van der Waals surface area contributed by atoms with Crippen LogP contribution in [0.1, 0.15) is 39.7 Å². The molecule has 2 nitrogen and oxygen atoms in total. The van der Waals surface area contributed by atoms with Crippen molar-refractivity contribution in [2.75, 3.05) is 18.5 Å². The van der Waals surface area contributed by atoms with E-state index in [0.717, 1.165) is 18.5 Å². The standard InChI is InChI=1S/C16H27FN2/c1-6-13(4)11-19(5)16-8-7-14(9-15(16)17)10-18-12(2)3/h7-9,12-13,18H,6,10-11H2,1-5H3. The monoisotopic (exact) mass is 266 g/mol. The van der Waals surface area contributed by atoms with E-state index in [9.17, 15) is 4.39 Å². The van der Waals surface area contributed by atoms with Crippen LogP contribution in [0, 0.1) is 11.7 Å². The zero-order valence-electron chi connectivity index (χ0n) is 12.8. The second-order valence-corrected chi connectivity index (χ2v) is 5.72. The highest BCUT2D eigenvalue weighted by molar-refractivity contribution is 5.48. The number of benzene rings is 1. The summed E-state index contributed by atoms with van der Waals surface area (Å²) in [4.78, 5) is 2.00. The van der Waals surface area contributed by atoms with Crippen LogP contribution < -0.4 is 10.2 Å². The molecule has 1 rings (SSSR count). The maximum absolute atomic E-state index is 14.1. The molecular formula is C16H27FN2. The van der Waals surface area contributed by atoms with Crippen LogP contribution in [0.5, 0.6) is 0 Å². The van der Waals surface area contributed by atoms with Crippen LogP contribution in [0.25, 0.3) is 0 Å². The molecule has 0 bridgehead atoms. The molecule has 0 fully saturated rings. The number of halogens is 1. The van der Waals surface area contributed by atoms with Crippen LogP contribution in [0.4, 0.5) is 10.1 Å². The Morgan fingerprint density at radius 2 is 1.95 bits per heavy atom. The van der Waals surface area contributed by atoms with Crippen molar-refractivity contribution in [1.29, 1.82) is 0 Å². The zero-order valence-corrected chi connectivity index (χ0v) is 12.8. The van der Waals surface area contributed by atoms with Crippen molar-refractivity contribution in [2.24, 2.45) is 5.92 Å². The molecule has 3 heteroatoms. The van der Waals surface area contributed by atoms with Crippen LogP contribution >= 0.6 is 0 Å². The Morgan fingerprint density at radius 1 is 1.26 bits per heavy atom. The van der Waals surface area contributed by atoms with E-state index in [0.29, 0.717) is 24.2 Å². The molecular weight excluding hydrogens is 239 g/mol. The lowest BCUT2D eigenvalue weighted by Crippen LogP contribution is -2.25. The van der Waals surface area contributed by atoms with Gasteiger partial charge in [0.05, 0.1) is 5.69 Å². The van der Waals surface area contributed by atoms with Gasteiger partial charge in [0.15, 0.2) is 0 Å². The molecule has 1 aromatic rings. The topological polar surface area (TPSA) is 15.3 Å². The average molecular weight is 266 g/mol. The molecule has 1 N–H and O–H groups in total. The third kappa shape index (κ3) is 5.19. The van der Waals surface area contributed by atoms with E-state index < -0.39 is 0 Å². The molecule has 0 amide bonds. The summed E-state index contributed by atoms with van der Waals surface area (Å²) in [7, 11) is 1.95. The van der Waals surface area contributed by atoms with Crippen molar-refractivity contribution in [3.8, 4) is 0 Å². The van der Waals surface area contributed by atoms with Gasteiger partial charge in [0.2, 0.25) is 0 Å². The SMILES string of the molecule is CCC(C)CN(C)c1ccc(CNC(C)C)cc1F. The molecule has 19 heavy (non-hydrogen) atoms. The molecule has 0 aliphatic heterocycles. The van der Waals surface area contributed by atoms with Gasteiger partial charge in [0.1, 0.15) is 5.82 Å². The number of hydrogen-bond acceptors (Lipinski definition) is 2. The van der Waals surface area contributed by atoms with Gasteiger partial charge in [-0.1, -0.05) is 40.2 Å². The van der Waals surface area contributed by atoms with Gasteiger partial charge < -0.3 is 10.2 Å². The smallest absolute Gasteiger partial charge is 0.146 e. The summed E-state index contributed by atoms with van der Waals surface area (Å²) in [5, 5.41) is 3.30. The van der Waals surface area contributed by atoms with Gasteiger partial charge >= 0.3 is 0 Å². The van der Waals surface area contributed by atoms with E-state index in [1.54, 1.807) is 6.07 Å². The third-order valence-corrected chi connectivity index (χ3v) is 3.42. The first-order valence-electron chi connectivity index (χ1n) is 7.17. The fourth-order valence-electron chi connectivity index (χ4n) is 1.99. The molecule has 1 aromatic carbocycles. The minimum absolute atomic E-state index is 0.131. The highest BCUT2D eigenvalue weighted by Gasteiger charge is 2.11. The second-order valence-electron chi connectivity index (χ2n) is 5.72. The zero-order chi connectivity index (χ0) is 14.4. The molecule has 108 valence electrons. The van der Waals surface area contributed by atoms with Gasteiger partial charge in [0.25, 0.3) is 0 Å². The maximum atomic E-state index is 14.1. The van der Waals surface area contributed by atoms with Crippen LogP contribution in [-0.4, -0.2) is 19.6 Å². The lowest BCUT2D eigenvalue weighted by Gasteiger charge is -2.23. The largest absolute Gasteiger partial charge is 0.372 e. The number of nitrogens with one attached hydrogen (secondary N) is 1. The Morgan fingerprint density at radius 3 is 2.47 bits per heavy atom. The van der Waals surface area contributed by atoms with Crippen LogP contribution in [0.2, 0.25) is 0 Å². The van der Waals surface area contributed by atoms with Crippen molar-refractivity contribution in [3.63, 3.8) is 0 Å². The fraction of sp³-hybridized carbons (Fsp3) is 0.625. The fourth-order valence-corrected chi connectivity index (χ4v) is 1.99. The van der Waals surface area contributed by atoms with Crippen molar-refractivity contribution in [1.82, 2.24) is 5.32 Å². The quantitative estimate of drug-likeness (QED) is 0.807. The number of nitrogens with zero attached hydrogens (tertiary/aromatic N) is 1. The highest BCUT2D eigenvalue weighted by atomic mass is 19.1. The Kier molecular flexibility index (Phi) is 6.29. The molecule has 0 saturated carbocycles. The molecule has 0 radical (unpaired) electrons. The van der Waals surface area contributed by atoms with Crippen molar-refractivity contribution in [2.45, 2.75) is 46.7 Å². The number of anilines is 1. The summed E-state index contributed by atoms with van der Waals surface area (Å²) < 4.78 is 14.1. The molecule has 0 spiro atoms. The van der Waals surface area contributed by atoms with Gasteiger partial charge in [-0.25, -0.2) is 4.39 Å². The Hall–Kier alpha value is -1.09. The predicted octanol–water partition coefficient (Wildman–Crippen LogP) is 3.81. The number of rotatable bonds is 7. The van der Waals surface area contributed by atoms with E-state index >= 15 is 0 Å². The maximum Gasteiger partial charge on any atom is 0.146 e. The van der Waals surface area contributed by atoms with Crippen LogP contribution in [0.15, 0.2) is 18.2 Å². The summed E-state index contributed by atoms with van der Waals surface area (Å²) >= 11 is 0. The first-order chi connectivity index (χ1) is 8.93. The minimum atomic E-state index is -0.131. The van der Waals surface area contributed by atoms with Crippen molar-refractivity contribution >= 4 is 5.69 Å². The van der Waals surface area contributed by atoms with Crippen molar-refractivity contribution in [3.05, 3.63) is 29.6 Å². The average Bonchev–Trinajstić information content (AvgIpc) is 2.35. The Labute approximate surface area is 117 Å². The molecule has 0 heterocycles. The normalized spacial score (nSPS) is 12.8. The molecule has 1 unspecified atom stereocenters. The van der Waals surface area contributed by atoms with Gasteiger partial charge in [-0.3, -0.25) is 0 Å². The Balaban J connectivity index is 2.71. The molecule has 0 aromatic heterocycles. The summed E-state index contributed by atoms with van der Waals surface area (Å²) in [6.07, 6.45) is 1.11. The van der Waals surface area contributed by atoms with Crippen molar-refractivity contribution < 1.29 is 4.39 Å². The van der Waals surface area contributed by atoms with E-state index in [1.165, 1.54) is 0 Å².